The van der Waals surface area contributed by atoms with Crippen molar-refractivity contribution in [1.82, 2.24) is 0 Å². The summed E-state index contributed by atoms with van der Waals surface area (Å²) in [6.45, 7) is 0. The molecule has 0 aliphatic carbocycles. The Kier molecular flexibility index (Phi) is 4.81. The summed E-state index contributed by atoms with van der Waals surface area (Å²) >= 11 is 1.76. The van der Waals surface area contributed by atoms with Crippen molar-refractivity contribution in [2.75, 3.05) is 0 Å². The molecule has 0 aromatic heterocycles. The average Bonchev–Trinajstić information content (AvgIpc) is 2.73. The SMILES string of the molecule is O=C(O)c1cc2cccc(-c3ccccc3)c2c(-c2ccccc2)c1OI. The van der Waals surface area contributed by atoms with Crippen molar-refractivity contribution in [3.05, 3.63) is 90.5 Å². The maximum Gasteiger partial charge on any atom is 0.339 e. The van der Waals surface area contributed by atoms with Crippen LogP contribution in [0, 0.1) is 0 Å². The number of hydrogen-bond acceptors (Lipinski definition) is 2. The van der Waals surface area contributed by atoms with Gasteiger partial charge in [0.05, 0.1) is 0 Å². The Balaban J connectivity index is 2.20. The molecule has 0 bridgehead atoms. The number of hydrogen-bond donors (Lipinski definition) is 1. The van der Waals surface area contributed by atoms with Crippen LogP contribution in [0.4, 0.5) is 0 Å². The maximum atomic E-state index is 11.9. The van der Waals surface area contributed by atoms with Crippen LogP contribution in [-0.2, 0) is 0 Å². The first-order valence-electron chi connectivity index (χ1n) is 8.43. The minimum absolute atomic E-state index is 0.154. The fraction of sp³-hybridized carbons (Fsp3) is 0. The van der Waals surface area contributed by atoms with E-state index >= 15 is 0 Å². The van der Waals surface area contributed by atoms with Gasteiger partial charge in [-0.25, -0.2) is 4.79 Å². The van der Waals surface area contributed by atoms with Crippen molar-refractivity contribution in [1.29, 1.82) is 0 Å². The number of rotatable bonds is 4. The molecular formula is C23H15IO3. The summed E-state index contributed by atoms with van der Waals surface area (Å²) in [4.78, 5) is 11.9. The van der Waals surface area contributed by atoms with Crippen LogP contribution in [0.15, 0.2) is 84.9 Å². The van der Waals surface area contributed by atoms with Crippen LogP contribution in [0.2, 0.25) is 0 Å². The van der Waals surface area contributed by atoms with Crippen molar-refractivity contribution in [3.63, 3.8) is 0 Å². The van der Waals surface area contributed by atoms with E-state index in [4.69, 9.17) is 3.07 Å². The number of carboxylic acids is 1. The lowest BCUT2D eigenvalue weighted by Gasteiger charge is -2.17. The molecule has 0 saturated carbocycles. The summed E-state index contributed by atoms with van der Waals surface area (Å²) in [5, 5.41) is 11.6. The van der Waals surface area contributed by atoms with Crippen LogP contribution in [0.1, 0.15) is 10.4 Å². The smallest absolute Gasteiger partial charge is 0.339 e. The molecule has 4 aromatic carbocycles. The normalized spacial score (nSPS) is 10.7. The van der Waals surface area contributed by atoms with Crippen LogP contribution in [0.5, 0.6) is 5.75 Å². The first kappa shape index (κ1) is 17.5. The molecule has 4 heteroatoms. The second-order valence-corrected chi connectivity index (χ2v) is 6.59. The number of halogens is 1. The summed E-state index contributed by atoms with van der Waals surface area (Å²) in [6, 6.07) is 27.5. The molecule has 0 radical (unpaired) electrons. The fourth-order valence-corrected chi connectivity index (χ4v) is 3.87. The molecule has 0 aliphatic heterocycles. The van der Waals surface area contributed by atoms with Gasteiger partial charge in [-0.2, -0.15) is 0 Å². The minimum atomic E-state index is -1.01. The van der Waals surface area contributed by atoms with Crippen molar-refractivity contribution in [2.45, 2.75) is 0 Å². The highest BCUT2D eigenvalue weighted by atomic mass is 127. The zero-order valence-corrected chi connectivity index (χ0v) is 16.4. The summed E-state index contributed by atoms with van der Waals surface area (Å²) in [6.07, 6.45) is 0. The number of aromatic carboxylic acids is 1. The standard InChI is InChI=1S/C23H15IO3/c24-27-22-19(23(25)26)14-17-12-7-13-18(15-8-3-1-4-9-15)20(17)21(22)16-10-5-2-6-11-16/h1-14H,(H,25,26). The third-order valence-electron chi connectivity index (χ3n) is 4.57. The van der Waals surface area contributed by atoms with E-state index in [-0.39, 0.29) is 5.56 Å². The zero-order chi connectivity index (χ0) is 18.8. The lowest BCUT2D eigenvalue weighted by Crippen LogP contribution is -2.01. The van der Waals surface area contributed by atoms with Crippen LogP contribution >= 0.6 is 23.0 Å². The van der Waals surface area contributed by atoms with E-state index in [9.17, 15) is 9.90 Å². The van der Waals surface area contributed by atoms with E-state index in [1.807, 2.05) is 60.7 Å². The molecule has 1 N–H and O–H groups in total. The minimum Gasteiger partial charge on any atom is -0.478 e. The Morgan fingerprint density at radius 1 is 0.815 bits per heavy atom. The number of carboxylic acid groups (broad SMARTS) is 1. The van der Waals surface area contributed by atoms with Gasteiger partial charge in [0.25, 0.3) is 0 Å². The molecule has 0 unspecified atom stereocenters. The third-order valence-corrected chi connectivity index (χ3v) is 5.01. The molecule has 0 atom stereocenters. The van der Waals surface area contributed by atoms with E-state index in [0.717, 1.165) is 33.0 Å². The van der Waals surface area contributed by atoms with Gasteiger partial charge in [0.15, 0.2) is 28.8 Å². The summed E-state index contributed by atoms with van der Waals surface area (Å²) in [5.74, 6) is -0.643. The molecule has 3 nitrogen and oxygen atoms in total. The Hall–Kier alpha value is -2.86. The molecule has 0 spiro atoms. The highest BCUT2D eigenvalue weighted by Crippen LogP contribution is 2.44. The molecule has 0 heterocycles. The highest BCUT2D eigenvalue weighted by molar-refractivity contribution is 14.1. The number of fused-ring (bicyclic) bond motifs is 1. The van der Waals surface area contributed by atoms with Gasteiger partial charge in [-0.3, -0.25) is 0 Å². The van der Waals surface area contributed by atoms with Crippen molar-refractivity contribution >= 4 is 39.7 Å². The molecule has 27 heavy (non-hydrogen) atoms. The van der Waals surface area contributed by atoms with E-state index in [1.54, 1.807) is 29.1 Å². The predicted octanol–water partition coefficient (Wildman–Crippen LogP) is 6.60. The van der Waals surface area contributed by atoms with Crippen molar-refractivity contribution < 1.29 is 13.0 Å². The van der Waals surface area contributed by atoms with Crippen molar-refractivity contribution in [3.8, 4) is 28.0 Å². The topological polar surface area (TPSA) is 46.5 Å². The second-order valence-electron chi connectivity index (χ2n) is 6.15. The third kappa shape index (κ3) is 3.17. The summed E-state index contributed by atoms with van der Waals surface area (Å²) < 4.78 is 5.58. The van der Waals surface area contributed by atoms with E-state index in [0.29, 0.717) is 5.75 Å². The van der Waals surface area contributed by atoms with Crippen molar-refractivity contribution in [2.24, 2.45) is 0 Å². The first-order valence-corrected chi connectivity index (χ1v) is 9.31. The second kappa shape index (κ2) is 7.40. The van der Waals surface area contributed by atoms with E-state index in [1.165, 1.54) is 0 Å². The highest BCUT2D eigenvalue weighted by Gasteiger charge is 2.22. The quantitative estimate of drug-likeness (QED) is 0.345. The van der Waals surface area contributed by atoms with Crippen LogP contribution in [0.25, 0.3) is 33.0 Å². The summed E-state index contributed by atoms with van der Waals surface area (Å²) in [7, 11) is 0. The number of benzene rings is 4. The van der Waals surface area contributed by atoms with Gasteiger partial charge in [-0.05, 0) is 28.1 Å². The maximum absolute atomic E-state index is 11.9. The molecule has 0 amide bonds. The molecular weight excluding hydrogens is 451 g/mol. The first-order chi connectivity index (χ1) is 13.2. The molecule has 0 saturated heterocycles. The van der Waals surface area contributed by atoms with Gasteiger partial charge in [-0.15, -0.1) is 0 Å². The van der Waals surface area contributed by atoms with Gasteiger partial charge in [0.1, 0.15) is 5.56 Å². The average molecular weight is 466 g/mol. The van der Waals surface area contributed by atoms with Crippen LogP contribution < -0.4 is 3.07 Å². The Morgan fingerprint density at radius 3 is 2.04 bits per heavy atom. The monoisotopic (exact) mass is 466 g/mol. The van der Waals surface area contributed by atoms with Gasteiger partial charge in [0, 0.05) is 10.9 Å². The lowest BCUT2D eigenvalue weighted by molar-refractivity contribution is 0.0695. The summed E-state index contributed by atoms with van der Waals surface area (Å²) in [5.41, 5.74) is 3.97. The van der Waals surface area contributed by atoms with Gasteiger partial charge < -0.3 is 8.17 Å². The zero-order valence-electron chi connectivity index (χ0n) is 14.2. The molecule has 0 fully saturated rings. The van der Waals surface area contributed by atoms with Gasteiger partial charge >= 0.3 is 5.97 Å². The molecule has 132 valence electrons. The molecule has 4 aromatic rings. The van der Waals surface area contributed by atoms with Crippen LogP contribution in [-0.4, -0.2) is 11.1 Å². The van der Waals surface area contributed by atoms with Gasteiger partial charge in [-0.1, -0.05) is 78.9 Å². The van der Waals surface area contributed by atoms with E-state index in [2.05, 4.69) is 18.2 Å². The van der Waals surface area contributed by atoms with E-state index < -0.39 is 5.97 Å². The predicted molar refractivity (Wildman–Crippen MR) is 116 cm³/mol. The largest absolute Gasteiger partial charge is 0.478 e. The van der Waals surface area contributed by atoms with Crippen LogP contribution in [0.3, 0.4) is 0 Å². The van der Waals surface area contributed by atoms with Gasteiger partial charge in [0.2, 0.25) is 0 Å². The Morgan fingerprint density at radius 2 is 1.44 bits per heavy atom. The fourth-order valence-electron chi connectivity index (χ4n) is 3.42. The Labute approximate surface area is 170 Å². The molecule has 4 rings (SSSR count). The number of carbonyl (C=O) groups is 1. The molecule has 0 aliphatic rings. The lowest BCUT2D eigenvalue weighted by atomic mass is 9.89. The Bertz CT molecular complexity index is 1120.